The summed E-state index contributed by atoms with van der Waals surface area (Å²) in [5, 5.41) is 10.3. The van der Waals surface area contributed by atoms with E-state index in [0.717, 1.165) is 0 Å². The van der Waals surface area contributed by atoms with E-state index in [4.69, 9.17) is 14.2 Å². The largest absolute Gasteiger partial charge is 0.507 e. The van der Waals surface area contributed by atoms with Crippen molar-refractivity contribution in [3.63, 3.8) is 0 Å². The maximum atomic E-state index is 13.2. The minimum Gasteiger partial charge on any atom is -0.507 e. The number of aliphatic hydroxyl groups is 1. The van der Waals surface area contributed by atoms with Crippen molar-refractivity contribution in [2.75, 3.05) is 0 Å². The number of carbonyl (C=O) groups is 2. The van der Waals surface area contributed by atoms with Crippen LogP contribution in [0.15, 0.2) is 29.5 Å². The summed E-state index contributed by atoms with van der Waals surface area (Å²) in [5.74, 6) is -3.82. The van der Waals surface area contributed by atoms with Crippen molar-refractivity contribution in [2.24, 2.45) is 0 Å². The van der Waals surface area contributed by atoms with Gasteiger partial charge in [0.05, 0.1) is 0 Å². The standard InChI is InChI=1S/C16H15FO6/c1-16(2)22-14(19)12(15(20)23-16)13(18)11-5-3-8-7-9(17)4-6-10(8)21-11/h4,6-7,11,18H,3,5H2,1-2H3/t11-/m0/s1. The SMILES string of the molecule is CC1(C)OC(=O)C(=C(O)[C@@H]2CCc3cc(F)ccc3O2)C(=O)O1. The van der Waals surface area contributed by atoms with E-state index in [1.54, 1.807) is 0 Å². The average molecular weight is 322 g/mol. The lowest BCUT2D eigenvalue weighted by atomic mass is 9.99. The molecule has 2 heterocycles. The Morgan fingerprint density at radius 1 is 1.26 bits per heavy atom. The summed E-state index contributed by atoms with van der Waals surface area (Å²) >= 11 is 0. The summed E-state index contributed by atoms with van der Waals surface area (Å²) in [6, 6.07) is 4.02. The van der Waals surface area contributed by atoms with Gasteiger partial charge in [0.15, 0.2) is 17.4 Å². The lowest BCUT2D eigenvalue weighted by Gasteiger charge is -2.31. The average Bonchev–Trinajstić information content (AvgIpc) is 2.44. The van der Waals surface area contributed by atoms with Crippen LogP contribution in [-0.4, -0.2) is 28.9 Å². The van der Waals surface area contributed by atoms with Gasteiger partial charge in [0.25, 0.3) is 5.79 Å². The third-order valence-electron chi connectivity index (χ3n) is 3.61. The predicted molar refractivity (Wildman–Crippen MR) is 75.1 cm³/mol. The fourth-order valence-corrected chi connectivity index (χ4v) is 2.57. The molecule has 1 atom stereocenters. The zero-order valence-electron chi connectivity index (χ0n) is 12.6. The molecule has 0 amide bonds. The van der Waals surface area contributed by atoms with E-state index >= 15 is 0 Å². The first kappa shape index (κ1) is 15.3. The van der Waals surface area contributed by atoms with E-state index in [1.807, 2.05) is 0 Å². The van der Waals surface area contributed by atoms with Gasteiger partial charge in [0, 0.05) is 13.8 Å². The number of aryl methyl sites for hydroxylation is 1. The third-order valence-corrected chi connectivity index (χ3v) is 3.61. The van der Waals surface area contributed by atoms with Crippen LogP contribution < -0.4 is 4.74 Å². The molecule has 0 spiro atoms. The van der Waals surface area contributed by atoms with E-state index < -0.39 is 35.2 Å². The quantitative estimate of drug-likeness (QED) is 0.369. The highest BCUT2D eigenvalue weighted by atomic mass is 19.1. The minimum absolute atomic E-state index is 0.287. The van der Waals surface area contributed by atoms with E-state index in [2.05, 4.69) is 0 Å². The first-order chi connectivity index (χ1) is 10.8. The Hall–Kier alpha value is -2.57. The number of cyclic esters (lactones) is 2. The van der Waals surface area contributed by atoms with Crippen LogP contribution in [0.5, 0.6) is 5.75 Å². The van der Waals surface area contributed by atoms with Crippen molar-refractivity contribution >= 4 is 11.9 Å². The van der Waals surface area contributed by atoms with Crippen LogP contribution in [0, 0.1) is 5.82 Å². The molecule has 1 saturated heterocycles. The Labute approximate surface area is 131 Å². The lowest BCUT2D eigenvalue weighted by molar-refractivity contribution is -0.222. The van der Waals surface area contributed by atoms with Gasteiger partial charge >= 0.3 is 11.9 Å². The molecule has 0 unspecified atom stereocenters. The molecule has 7 heteroatoms. The summed E-state index contributed by atoms with van der Waals surface area (Å²) in [4.78, 5) is 23.9. The topological polar surface area (TPSA) is 82.1 Å². The van der Waals surface area contributed by atoms with E-state index in [1.165, 1.54) is 32.0 Å². The maximum Gasteiger partial charge on any atom is 0.352 e. The second-order valence-electron chi connectivity index (χ2n) is 5.84. The normalized spacial score (nSPS) is 22.6. The maximum absolute atomic E-state index is 13.2. The molecule has 0 radical (unpaired) electrons. The minimum atomic E-state index is -1.38. The number of hydrogen-bond acceptors (Lipinski definition) is 6. The molecule has 1 N–H and O–H groups in total. The Kier molecular flexibility index (Phi) is 3.50. The smallest absolute Gasteiger partial charge is 0.352 e. The number of rotatable bonds is 1. The number of halogens is 1. The molecule has 1 aromatic carbocycles. The van der Waals surface area contributed by atoms with Gasteiger partial charge in [-0.3, -0.25) is 0 Å². The Balaban J connectivity index is 1.89. The molecule has 6 nitrogen and oxygen atoms in total. The monoisotopic (exact) mass is 322 g/mol. The van der Waals surface area contributed by atoms with Crippen LogP contribution in [-0.2, 0) is 25.5 Å². The molecule has 0 aliphatic carbocycles. The molecule has 2 aliphatic heterocycles. The predicted octanol–water partition coefficient (Wildman–Crippen LogP) is 2.17. The molecule has 3 rings (SSSR count). The molecule has 122 valence electrons. The van der Waals surface area contributed by atoms with Gasteiger partial charge in [0.2, 0.25) is 0 Å². The molecule has 1 aromatic rings. The molecular weight excluding hydrogens is 307 g/mol. The number of carbonyl (C=O) groups excluding carboxylic acids is 2. The second-order valence-corrected chi connectivity index (χ2v) is 5.84. The van der Waals surface area contributed by atoms with Crippen molar-refractivity contribution < 1.29 is 33.3 Å². The molecule has 23 heavy (non-hydrogen) atoms. The van der Waals surface area contributed by atoms with E-state index in [0.29, 0.717) is 17.7 Å². The second kappa shape index (κ2) is 5.26. The zero-order chi connectivity index (χ0) is 16.8. The highest BCUT2D eigenvalue weighted by molar-refractivity contribution is 6.15. The molecule has 1 fully saturated rings. The highest BCUT2D eigenvalue weighted by Crippen LogP contribution is 2.32. The van der Waals surface area contributed by atoms with Crippen molar-refractivity contribution in [1.29, 1.82) is 0 Å². The number of benzene rings is 1. The molecule has 0 saturated carbocycles. The van der Waals surface area contributed by atoms with Crippen LogP contribution in [0.25, 0.3) is 0 Å². The number of ether oxygens (including phenoxy) is 3. The lowest BCUT2D eigenvalue weighted by Crippen LogP contribution is -2.43. The van der Waals surface area contributed by atoms with Crippen LogP contribution in [0.4, 0.5) is 4.39 Å². The third kappa shape index (κ3) is 2.86. The Morgan fingerprint density at radius 3 is 2.57 bits per heavy atom. The van der Waals surface area contributed by atoms with Crippen LogP contribution >= 0.6 is 0 Å². The van der Waals surface area contributed by atoms with Gasteiger partial charge in [0.1, 0.15) is 11.6 Å². The van der Waals surface area contributed by atoms with Crippen molar-refractivity contribution in [1.82, 2.24) is 0 Å². The molecule has 0 aromatic heterocycles. The van der Waals surface area contributed by atoms with Gasteiger partial charge in [-0.25, -0.2) is 14.0 Å². The molecular formula is C16H15FO6. The number of aliphatic hydroxyl groups excluding tert-OH is 1. The van der Waals surface area contributed by atoms with Gasteiger partial charge in [-0.05, 0) is 36.6 Å². The van der Waals surface area contributed by atoms with Crippen molar-refractivity contribution in [3.05, 3.63) is 40.9 Å². The fraction of sp³-hybridized carbons (Fsp3) is 0.375. The summed E-state index contributed by atoms with van der Waals surface area (Å²) in [6.45, 7) is 2.83. The van der Waals surface area contributed by atoms with E-state index in [-0.39, 0.29) is 12.2 Å². The van der Waals surface area contributed by atoms with Gasteiger partial charge in [-0.1, -0.05) is 0 Å². The van der Waals surface area contributed by atoms with Gasteiger partial charge in [-0.2, -0.15) is 0 Å². The fourth-order valence-electron chi connectivity index (χ4n) is 2.57. The number of hydrogen-bond donors (Lipinski definition) is 1. The van der Waals surface area contributed by atoms with Gasteiger partial charge < -0.3 is 19.3 Å². The van der Waals surface area contributed by atoms with Crippen LogP contribution in [0.2, 0.25) is 0 Å². The summed E-state index contributed by atoms with van der Waals surface area (Å²) in [5.41, 5.74) is 0.0915. The van der Waals surface area contributed by atoms with Crippen LogP contribution in [0.1, 0.15) is 25.8 Å². The molecule has 0 bridgehead atoms. The first-order valence-electron chi connectivity index (χ1n) is 7.12. The Bertz CT molecular complexity index is 699. The first-order valence-corrected chi connectivity index (χ1v) is 7.12. The van der Waals surface area contributed by atoms with Crippen LogP contribution in [0.3, 0.4) is 0 Å². The summed E-state index contributed by atoms with van der Waals surface area (Å²) in [6.07, 6.45) is -0.176. The summed E-state index contributed by atoms with van der Waals surface area (Å²) in [7, 11) is 0. The van der Waals surface area contributed by atoms with Gasteiger partial charge in [-0.15, -0.1) is 0 Å². The van der Waals surface area contributed by atoms with Crippen molar-refractivity contribution in [2.45, 2.75) is 38.6 Å². The summed E-state index contributed by atoms with van der Waals surface area (Å²) < 4.78 is 28.6. The number of fused-ring (bicyclic) bond motifs is 1. The Morgan fingerprint density at radius 2 is 1.91 bits per heavy atom. The molecule has 2 aliphatic rings. The van der Waals surface area contributed by atoms with E-state index in [9.17, 15) is 19.1 Å². The highest BCUT2D eigenvalue weighted by Gasteiger charge is 2.43. The number of esters is 2. The van der Waals surface area contributed by atoms with Crippen molar-refractivity contribution in [3.8, 4) is 5.75 Å². The zero-order valence-corrected chi connectivity index (χ0v) is 12.6.